The molecule has 0 spiro atoms. The number of hydrogen-bond donors (Lipinski definition) is 0. The SMILES string of the molecule is CC(=O)SCC1CC(=O)N(c2c(C#N)cnn2-c2ccc(Br)cc2)C1. The summed E-state index contributed by atoms with van der Waals surface area (Å²) in [6, 6.07) is 9.61. The summed E-state index contributed by atoms with van der Waals surface area (Å²) in [5, 5.41) is 13.7. The van der Waals surface area contributed by atoms with Gasteiger partial charge in [-0.3, -0.25) is 14.5 Å². The Morgan fingerprint density at radius 1 is 1.44 bits per heavy atom. The lowest BCUT2D eigenvalue weighted by atomic mass is 10.1. The zero-order valence-corrected chi connectivity index (χ0v) is 15.9. The molecule has 1 aliphatic heterocycles. The molecule has 0 bridgehead atoms. The van der Waals surface area contributed by atoms with Gasteiger partial charge in [-0.15, -0.1) is 0 Å². The number of halogens is 1. The summed E-state index contributed by atoms with van der Waals surface area (Å²) in [6.07, 6.45) is 1.85. The molecule has 0 aliphatic carbocycles. The zero-order valence-electron chi connectivity index (χ0n) is 13.5. The summed E-state index contributed by atoms with van der Waals surface area (Å²) < 4.78 is 2.55. The first kappa shape index (κ1) is 17.7. The van der Waals surface area contributed by atoms with Gasteiger partial charge >= 0.3 is 0 Å². The largest absolute Gasteiger partial charge is 0.295 e. The van der Waals surface area contributed by atoms with E-state index in [0.717, 1.165) is 10.2 Å². The van der Waals surface area contributed by atoms with Gasteiger partial charge in [-0.1, -0.05) is 27.7 Å². The molecule has 2 heterocycles. The van der Waals surface area contributed by atoms with Gasteiger partial charge in [0, 0.05) is 30.1 Å². The Balaban J connectivity index is 1.92. The number of aromatic nitrogens is 2. The molecule has 1 aliphatic rings. The highest BCUT2D eigenvalue weighted by atomic mass is 79.9. The average Bonchev–Trinajstić information content (AvgIpc) is 3.16. The summed E-state index contributed by atoms with van der Waals surface area (Å²) in [5.74, 6) is 1.13. The quantitative estimate of drug-likeness (QED) is 0.761. The van der Waals surface area contributed by atoms with E-state index in [0.29, 0.717) is 30.1 Å². The van der Waals surface area contributed by atoms with E-state index in [-0.39, 0.29) is 16.9 Å². The number of benzene rings is 1. The minimum atomic E-state index is -0.0514. The molecule has 1 fully saturated rings. The monoisotopic (exact) mass is 418 g/mol. The van der Waals surface area contributed by atoms with Crippen LogP contribution in [0.1, 0.15) is 18.9 Å². The van der Waals surface area contributed by atoms with Crippen molar-refractivity contribution in [2.75, 3.05) is 17.2 Å². The van der Waals surface area contributed by atoms with Crippen molar-refractivity contribution < 1.29 is 9.59 Å². The summed E-state index contributed by atoms with van der Waals surface area (Å²) >= 11 is 4.62. The predicted molar refractivity (Wildman–Crippen MR) is 99.6 cm³/mol. The smallest absolute Gasteiger partial charge is 0.228 e. The fourth-order valence-electron chi connectivity index (χ4n) is 2.78. The van der Waals surface area contributed by atoms with E-state index in [1.807, 2.05) is 24.3 Å². The summed E-state index contributed by atoms with van der Waals surface area (Å²) in [4.78, 5) is 25.3. The zero-order chi connectivity index (χ0) is 18.0. The minimum Gasteiger partial charge on any atom is -0.295 e. The van der Waals surface area contributed by atoms with Crippen molar-refractivity contribution in [3.05, 3.63) is 40.5 Å². The Hall–Kier alpha value is -2.11. The van der Waals surface area contributed by atoms with Crippen LogP contribution in [0.4, 0.5) is 5.82 Å². The normalized spacial score (nSPS) is 16.9. The molecular formula is C17H15BrN4O2S. The summed E-state index contributed by atoms with van der Waals surface area (Å²) in [6.45, 7) is 2.01. The van der Waals surface area contributed by atoms with Crippen molar-refractivity contribution in [2.45, 2.75) is 13.3 Å². The maximum absolute atomic E-state index is 12.5. The van der Waals surface area contributed by atoms with Gasteiger partial charge in [0.1, 0.15) is 11.6 Å². The van der Waals surface area contributed by atoms with Crippen LogP contribution in [-0.2, 0) is 9.59 Å². The molecule has 128 valence electrons. The standard InChI is InChI=1S/C17H15BrN4O2S/c1-11(23)25-10-12-6-16(24)21(9-12)17-13(7-19)8-20-22(17)15-4-2-14(18)3-5-15/h2-5,8,12H,6,9-10H2,1H3. The van der Waals surface area contributed by atoms with Crippen molar-refractivity contribution in [3.8, 4) is 11.8 Å². The van der Waals surface area contributed by atoms with Gasteiger partial charge in [0.05, 0.1) is 11.9 Å². The fourth-order valence-corrected chi connectivity index (χ4v) is 3.74. The van der Waals surface area contributed by atoms with Crippen molar-refractivity contribution in [1.82, 2.24) is 9.78 Å². The average molecular weight is 419 g/mol. The lowest BCUT2D eigenvalue weighted by Gasteiger charge is -2.19. The predicted octanol–water partition coefficient (Wildman–Crippen LogP) is 3.14. The number of rotatable bonds is 4. The third-order valence-corrected chi connectivity index (χ3v) is 5.49. The Morgan fingerprint density at radius 3 is 2.80 bits per heavy atom. The van der Waals surface area contributed by atoms with Crippen LogP contribution >= 0.6 is 27.7 Å². The van der Waals surface area contributed by atoms with E-state index < -0.39 is 0 Å². The van der Waals surface area contributed by atoms with E-state index in [1.54, 1.807) is 9.58 Å². The van der Waals surface area contributed by atoms with E-state index in [2.05, 4.69) is 27.1 Å². The number of amides is 1. The van der Waals surface area contributed by atoms with Crippen molar-refractivity contribution in [1.29, 1.82) is 5.26 Å². The molecule has 1 saturated heterocycles. The Bertz CT molecular complexity index is 857. The van der Waals surface area contributed by atoms with Crippen LogP contribution < -0.4 is 4.90 Å². The van der Waals surface area contributed by atoms with Crippen LogP contribution in [0.3, 0.4) is 0 Å². The molecule has 3 rings (SSSR count). The van der Waals surface area contributed by atoms with Gasteiger partial charge in [-0.25, -0.2) is 4.68 Å². The van der Waals surface area contributed by atoms with Crippen LogP contribution in [0, 0.1) is 17.2 Å². The third-order valence-electron chi connectivity index (χ3n) is 3.92. The lowest BCUT2D eigenvalue weighted by Crippen LogP contribution is -2.28. The number of nitriles is 1. The van der Waals surface area contributed by atoms with Crippen LogP contribution in [0.5, 0.6) is 0 Å². The molecule has 1 unspecified atom stereocenters. The van der Waals surface area contributed by atoms with Crippen molar-refractivity contribution in [3.63, 3.8) is 0 Å². The highest BCUT2D eigenvalue weighted by Gasteiger charge is 2.34. The van der Waals surface area contributed by atoms with E-state index in [1.165, 1.54) is 24.9 Å². The summed E-state index contributed by atoms with van der Waals surface area (Å²) in [5.41, 5.74) is 1.13. The molecule has 0 N–H and O–H groups in total. The van der Waals surface area contributed by atoms with Gasteiger partial charge in [0.15, 0.2) is 10.9 Å². The van der Waals surface area contributed by atoms with Gasteiger partial charge in [0.2, 0.25) is 5.91 Å². The Labute approximate surface area is 157 Å². The molecule has 1 atom stereocenters. The lowest BCUT2D eigenvalue weighted by molar-refractivity contribution is -0.117. The first-order valence-electron chi connectivity index (χ1n) is 7.67. The highest BCUT2D eigenvalue weighted by molar-refractivity contribution is 9.10. The molecule has 2 aromatic rings. The van der Waals surface area contributed by atoms with Crippen molar-refractivity contribution in [2.24, 2.45) is 5.92 Å². The molecule has 1 amide bonds. The van der Waals surface area contributed by atoms with Crippen LogP contribution in [0.2, 0.25) is 0 Å². The number of nitrogens with zero attached hydrogens (tertiary/aromatic N) is 4. The van der Waals surface area contributed by atoms with Gasteiger partial charge < -0.3 is 0 Å². The second-order valence-electron chi connectivity index (χ2n) is 5.76. The molecule has 0 saturated carbocycles. The first-order chi connectivity index (χ1) is 12.0. The van der Waals surface area contributed by atoms with Crippen LogP contribution in [-0.4, -0.2) is 33.1 Å². The molecule has 1 aromatic carbocycles. The maximum Gasteiger partial charge on any atom is 0.228 e. The van der Waals surface area contributed by atoms with Gasteiger partial charge in [-0.05, 0) is 30.2 Å². The Morgan fingerprint density at radius 2 is 2.16 bits per heavy atom. The Kier molecular flexibility index (Phi) is 5.25. The maximum atomic E-state index is 12.5. The number of thioether (sulfide) groups is 1. The highest BCUT2D eigenvalue weighted by Crippen LogP contribution is 2.31. The second-order valence-corrected chi connectivity index (χ2v) is 7.87. The molecule has 1 aromatic heterocycles. The number of carbonyl (C=O) groups excluding carboxylic acids is 2. The van der Waals surface area contributed by atoms with E-state index in [9.17, 15) is 14.9 Å². The number of hydrogen-bond acceptors (Lipinski definition) is 5. The van der Waals surface area contributed by atoms with Crippen LogP contribution in [0.25, 0.3) is 5.69 Å². The topological polar surface area (TPSA) is 79.0 Å². The van der Waals surface area contributed by atoms with E-state index >= 15 is 0 Å². The first-order valence-corrected chi connectivity index (χ1v) is 9.45. The van der Waals surface area contributed by atoms with Gasteiger partial charge in [-0.2, -0.15) is 10.4 Å². The summed E-state index contributed by atoms with van der Waals surface area (Å²) in [7, 11) is 0. The molecular weight excluding hydrogens is 404 g/mol. The molecule has 8 heteroatoms. The minimum absolute atomic E-state index is 0.0449. The van der Waals surface area contributed by atoms with Crippen molar-refractivity contribution >= 4 is 44.5 Å². The molecule has 25 heavy (non-hydrogen) atoms. The number of carbonyl (C=O) groups is 2. The third kappa shape index (κ3) is 3.78. The number of anilines is 1. The van der Waals surface area contributed by atoms with Crippen LogP contribution in [0.15, 0.2) is 34.9 Å². The molecule has 0 radical (unpaired) electrons. The van der Waals surface area contributed by atoms with E-state index in [4.69, 9.17) is 0 Å². The van der Waals surface area contributed by atoms with Gasteiger partial charge in [0.25, 0.3) is 0 Å². The molecule has 6 nitrogen and oxygen atoms in total. The fraction of sp³-hybridized carbons (Fsp3) is 0.294. The second kappa shape index (κ2) is 7.42.